The highest BCUT2D eigenvalue weighted by molar-refractivity contribution is 7.90. The molecule has 2 aliphatic heterocycles. The zero-order valence-corrected chi connectivity index (χ0v) is 11.3. The number of aliphatic hydroxyl groups excluding tert-OH is 1. The monoisotopic (exact) mass is 277 g/mol. The summed E-state index contributed by atoms with van der Waals surface area (Å²) in [6.07, 6.45) is -0.309. The van der Waals surface area contributed by atoms with Crippen LogP contribution in [0.3, 0.4) is 0 Å². The lowest BCUT2D eigenvalue weighted by Crippen LogP contribution is -2.77. The molecular weight excluding hydrogens is 262 g/mol. The van der Waals surface area contributed by atoms with Gasteiger partial charge in [0.05, 0.1) is 22.9 Å². The lowest BCUT2D eigenvalue weighted by molar-refractivity contribution is -0.137. The Bertz CT molecular complexity index is 410. The summed E-state index contributed by atoms with van der Waals surface area (Å²) < 4.78 is 11.0. The maximum absolute atomic E-state index is 12.2. The Morgan fingerprint density at radius 2 is 2.29 bits per heavy atom. The summed E-state index contributed by atoms with van der Waals surface area (Å²) in [4.78, 5) is 11.8. The molecular formula is C11H16ClNO3S. The van der Waals surface area contributed by atoms with Gasteiger partial charge in [0, 0.05) is 11.3 Å². The Hall–Kier alpha value is -0.390. The number of rotatable bonds is 4. The standard InChI is InChI=1S/C11H16ClNO3S/c1-6(2)9(14)11-8(13-10(11)15)7(3-4-12)5-17(11)16/h5-6,8-9,14H,3-4H2,1-2H3,(H,13,15)/t8-,9-,11-,17?/m0/s1. The van der Waals surface area contributed by atoms with E-state index in [0.717, 1.165) is 5.57 Å². The van der Waals surface area contributed by atoms with Crippen molar-refractivity contribution in [2.75, 3.05) is 5.88 Å². The second-order valence-electron chi connectivity index (χ2n) is 4.82. The maximum atomic E-state index is 12.2. The van der Waals surface area contributed by atoms with Gasteiger partial charge in [-0.25, -0.2) is 0 Å². The number of alkyl halides is 1. The van der Waals surface area contributed by atoms with Crippen molar-refractivity contribution in [3.63, 3.8) is 0 Å². The number of amides is 1. The van der Waals surface area contributed by atoms with Crippen molar-refractivity contribution in [1.29, 1.82) is 0 Å². The third-order valence-electron chi connectivity index (χ3n) is 3.48. The Balaban J connectivity index is 2.34. The highest BCUT2D eigenvalue weighted by atomic mass is 35.5. The summed E-state index contributed by atoms with van der Waals surface area (Å²) in [6.45, 7) is 3.64. The molecule has 96 valence electrons. The summed E-state index contributed by atoms with van der Waals surface area (Å²) in [5.74, 6) is -0.0115. The topological polar surface area (TPSA) is 66.4 Å². The fraction of sp³-hybridized carbons (Fsp3) is 0.727. The van der Waals surface area contributed by atoms with E-state index in [1.54, 1.807) is 5.41 Å². The van der Waals surface area contributed by atoms with Crippen LogP contribution >= 0.6 is 11.6 Å². The molecule has 17 heavy (non-hydrogen) atoms. The maximum Gasteiger partial charge on any atom is 0.244 e. The number of carbonyl (C=O) groups excluding carboxylic acids is 1. The molecule has 1 amide bonds. The fourth-order valence-corrected chi connectivity index (χ4v) is 4.65. The van der Waals surface area contributed by atoms with Gasteiger partial charge in [0.25, 0.3) is 0 Å². The predicted octanol–water partition coefficient (Wildman–Crippen LogP) is 0.516. The molecule has 2 rings (SSSR count). The highest BCUT2D eigenvalue weighted by Gasteiger charge is 2.67. The number of aliphatic hydroxyl groups is 1. The quantitative estimate of drug-likeness (QED) is 0.581. The third-order valence-corrected chi connectivity index (χ3v) is 5.51. The van der Waals surface area contributed by atoms with E-state index in [9.17, 15) is 14.1 Å². The van der Waals surface area contributed by atoms with Crippen LogP contribution in [0.25, 0.3) is 0 Å². The van der Waals surface area contributed by atoms with E-state index in [0.29, 0.717) is 12.3 Å². The molecule has 0 aromatic rings. The number of carbonyl (C=O) groups is 1. The number of hydrogen-bond donors (Lipinski definition) is 2. The molecule has 0 bridgehead atoms. The van der Waals surface area contributed by atoms with Crippen molar-refractivity contribution >= 4 is 28.3 Å². The lowest BCUT2D eigenvalue weighted by Gasteiger charge is -2.47. The second-order valence-corrected chi connectivity index (χ2v) is 6.70. The summed E-state index contributed by atoms with van der Waals surface area (Å²) in [6, 6.07) is -0.313. The van der Waals surface area contributed by atoms with Gasteiger partial charge in [-0.2, -0.15) is 0 Å². The molecule has 4 nitrogen and oxygen atoms in total. The predicted molar refractivity (Wildman–Crippen MR) is 67.1 cm³/mol. The summed E-state index contributed by atoms with van der Waals surface area (Å²) >= 11 is 5.68. The number of nitrogens with one attached hydrogen (secondary N) is 1. The number of β-lactam (4-membered cyclic amide) rings is 1. The van der Waals surface area contributed by atoms with Gasteiger partial charge in [0.2, 0.25) is 5.91 Å². The van der Waals surface area contributed by atoms with Crippen molar-refractivity contribution in [3.8, 4) is 0 Å². The molecule has 2 heterocycles. The number of fused-ring (bicyclic) bond motifs is 1. The van der Waals surface area contributed by atoms with Gasteiger partial charge in [-0.3, -0.25) is 9.00 Å². The molecule has 0 radical (unpaired) electrons. The first-order chi connectivity index (χ1) is 7.96. The van der Waals surface area contributed by atoms with Crippen molar-refractivity contribution in [2.24, 2.45) is 5.92 Å². The molecule has 0 spiro atoms. The fourth-order valence-electron chi connectivity index (χ4n) is 2.51. The van der Waals surface area contributed by atoms with Gasteiger partial charge in [0.15, 0.2) is 4.75 Å². The molecule has 1 saturated heterocycles. The summed E-state index contributed by atoms with van der Waals surface area (Å²) in [5, 5.41) is 14.5. The molecule has 0 aromatic carbocycles. The average Bonchev–Trinajstić information content (AvgIpc) is 2.46. The molecule has 0 aliphatic carbocycles. The van der Waals surface area contributed by atoms with Crippen molar-refractivity contribution in [2.45, 2.75) is 37.2 Å². The van der Waals surface area contributed by atoms with Crippen molar-refractivity contribution in [1.82, 2.24) is 5.32 Å². The minimum atomic E-state index is -1.46. The van der Waals surface area contributed by atoms with Crippen LogP contribution in [0.4, 0.5) is 0 Å². The van der Waals surface area contributed by atoms with Crippen LogP contribution in [0.1, 0.15) is 20.3 Å². The number of halogens is 1. The van der Waals surface area contributed by atoms with Crippen molar-refractivity contribution < 1.29 is 14.1 Å². The molecule has 2 N–H and O–H groups in total. The zero-order valence-electron chi connectivity index (χ0n) is 9.77. The molecule has 6 heteroatoms. The lowest BCUT2D eigenvalue weighted by atomic mass is 9.76. The first-order valence-electron chi connectivity index (χ1n) is 5.62. The minimum Gasteiger partial charge on any atom is -0.391 e. The molecule has 0 saturated carbocycles. The third kappa shape index (κ3) is 1.59. The molecule has 2 aliphatic rings. The Morgan fingerprint density at radius 3 is 2.76 bits per heavy atom. The van der Waals surface area contributed by atoms with E-state index in [2.05, 4.69) is 5.32 Å². The number of hydrogen-bond acceptors (Lipinski definition) is 3. The molecule has 1 fully saturated rings. The van der Waals surface area contributed by atoms with Gasteiger partial charge in [-0.05, 0) is 17.9 Å². The van der Waals surface area contributed by atoms with Gasteiger partial charge < -0.3 is 10.4 Å². The molecule has 1 unspecified atom stereocenters. The first kappa shape index (κ1) is 13.1. The average molecular weight is 278 g/mol. The van der Waals surface area contributed by atoms with E-state index < -0.39 is 21.7 Å². The molecule has 0 aromatic heterocycles. The summed E-state index contributed by atoms with van der Waals surface area (Å²) in [7, 11) is -1.46. The van der Waals surface area contributed by atoms with Gasteiger partial charge >= 0.3 is 0 Å². The second kappa shape index (κ2) is 4.37. The molecule has 4 atom stereocenters. The van der Waals surface area contributed by atoms with E-state index in [4.69, 9.17) is 11.6 Å². The smallest absolute Gasteiger partial charge is 0.244 e. The van der Waals surface area contributed by atoms with E-state index in [-0.39, 0.29) is 17.9 Å². The minimum absolute atomic E-state index is 0.115. The Labute approximate surface area is 108 Å². The zero-order chi connectivity index (χ0) is 12.8. The highest BCUT2D eigenvalue weighted by Crippen LogP contribution is 2.44. The van der Waals surface area contributed by atoms with E-state index >= 15 is 0 Å². The van der Waals surface area contributed by atoms with Gasteiger partial charge in [0.1, 0.15) is 0 Å². The van der Waals surface area contributed by atoms with Crippen LogP contribution in [0.5, 0.6) is 0 Å². The Morgan fingerprint density at radius 1 is 1.65 bits per heavy atom. The van der Waals surface area contributed by atoms with Crippen LogP contribution in [0.2, 0.25) is 0 Å². The van der Waals surface area contributed by atoms with Crippen LogP contribution < -0.4 is 5.32 Å². The van der Waals surface area contributed by atoms with E-state index in [1.807, 2.05) is 13.8 Å². The van der Waals surface area contributed by atoms with Crippen LogP contribution in [-0.2, 0) is 15.6 Å². The SMILES string of the molecule is CC(C)[C@H](O)[C@]12C(=O)N[C@H]1C(CCCl)=CS2=O. The van der Waals surface area contributed by atoms with Crippen LogP contribution in [0.15, 0.2) is 11.0 Å². The van der Waals surface area contributed by atoms with Crippen LogP contribution in [0, 0.1) is 5.92 Å². The van der Waals surface area contributed by atoms with Gasteiger partial charge in [-0.1, -0.05) is 13.8 Å². The summed E-state index contributed by atoms with van der Waals surface area (Å²) in [5.41, 5.74) is 0.873. The van der Waals surface area contributed by atoms with Crippen LogP contribution in [-0.4, -0.2) is 38.0 Å². The Kier molecular flexibility index (Phi) is 3.36. The normalized spacial score (nSPS) is 37.2. The first-order valence-corrected chi connectivity index (χ1v) is 7.37. The van der Waals surface area contributed by atoms with E-state index in [1.165, 1.54) is 0 Å². The largest absolute Gasteiger partial charge is 0.391 e. The van der Waals surface area contributed by atoms with Crippen molar-refractivity contribution in [3.05, 3.63) is 11.0 Å². The van der Waals surface area contributed by atoms with Gasteiger partial charge in [-0.15, -0.1) is 11.6 Å².